The largest absolute Gasteiger partial charge is 0.475 e. The van der Waals surface area contributed by atoms with Crippen molar-refractivity contribution in [3.8, 4) is 11.3 Å². The second kappa shape index (κ2) is 4.29. The molecule has 0 amide bonds. The van der Waals surface area contributed by atoms with Crippen molar-refractivity contribution >= 4 is 5.97 Å². The monoisotopic (exact) mass is 232 g/mol. The van der Waals surface area contributed by atoms with Gasteiger partial charge in [-0.1, -0.05) is 0 Å². The molecule has 1 heterocycles. The predicted molar refractivity (Wildman–Crippen MR) is 59.1 cm³/mol. The molecule has 0 aliphatic carbocycles. The van der Waals surface area contributed by atoms with E-state index in [1.807, 2.05) is 0 Å². The summed E-state index contributed by atoms with van der Waals surface area (Å²) in [5, 5.41) is 8.77. The molecule has 1 aromatic carbocycles. The Labute approximate surface area is 96.8 Å². The van der Waals surface area contributed by atoms with Gasteiger partial charge >= 0.3 is 5.97 Å². The van der Waals surface area contributed by atoms with Crippen molar-refractivity contribution in [2.24, 2.45) is 0 Å². The summed E-state index contributed by atoms with van der Waals surface area (Å²) in [4.78, 5) is 18.2. The normalized spacial score (nSPS) is 10.2. The molecule has 2 rings (SSSR count). The standard InChI is InChI=1S/C12H9FN2O2/c1-7-6-8(2-3-9(7)13)10-4-5-14-11(15-10)12(16)17/h2-6H,1H3,(H,16,17). The minimum atomic E-state index is -1.19. The van der Waals surface area contributed by atoms with Crippen molar-refractivity contribution in [1.29, 1.82) is 0 Å². The minimum Gasteiger partial charge on any atom is -0.475 e. The highest BCUT2D eigenvalue weighted by Gasteiger charge is 2.09. The van der Waals surface area contributed by atoms with Gasteiger partial charge in [0.15, 0.2) is 0 Å². The lowest BCUT2D eigenvalue weighted by molar-refractivity contribution is 0.0683. The molecule has 5 heteroatoms. The van der Waals surface area contributed by atoms with Crippen molar-refractivity contribution in [1.82, 2.24) is 9.97 Å². The fourth-order valence-electron chi connectivity index (χ4n) is 1.43. The van der Waals surface area contributed by atoms with Gasteiger partial charge in [-0.3, -0.25) is 0 Å². The molecule has 0 saturated carbocycles. The van der Waals surface area contributed by atoms with Gasteiger partial charge in [0.1, 0.15) is 5.82 Å². The fraction of sp³-hybridized carbons (Fsp3) is 0.0833. The summed E-state index contributed by atoms with van der Waals surface area (Å²) < 4.78 is 13.1. The number of nitrogens with zero attached hydrogens (tertiary/aromatic N) is 2. The van der Waals surface area contributed by atoms with Crippen LogP contribution in [0, 0.1) is 12.7 Å². The van der Waals surface area contributed by atoms with Crippen LogP contribution in [0.2, 0.25) is 0 Å². The second-order valence-corrected chi connectivity index (χ2v) is 3.53. The van der Waals surface area contributed by atoms with Gasteiger partial charge in [0, 0.05) is 11.8 Å². The molecule has 2 aromatic rings. The summed E-state index contributed by atoms with van der Waals surface area (Å²) in [6.07, 6.45) is 1.37. The third-order valence-corrected chi connectivity index (χ3v) is 2.30. The van der Waals surface area contributed by atoms with Crippen LogP contribution >= 0.6 is 0 Å². The van der Waals surface area contributed by atoms with Crippen LogP contribution < -0.4 is 0 Å². The fourth-order valence-corrected chi connectivity index (χ4v) is 1.43. The number of carboxylic acids is 1. The van der Waals surface area contributed by atoms with E-state index in [4.69, 9.17) is 5.11 Å². The molecular weight excluding hydrogens is 223 g/mol. The number of halogens is 1. The molecule has 4 nitrogen and oxygen atoms in total. The lowest BCUT2D eigenvalue weighted by Gasteiger charge is -2.03. The Kier molecular flexibility index (Phi) is 2.82. The van der Waals surface area contributed by atoms with Gasteiger partial charge in [0.2, 0.25) is 5.82 Å². The Hall–Kier alpha value is -2.30. The molecule has 0 fully saturated rings. The first-order chi connectivity index (χ1) is 8.08. The Morgan fingerprint density at radius 1 is 1.35 bits per heavy atom. The molecular formula is C12H9FN2O2. The van der Waals surface area contributed by atoms with Crippen molar-refractivity contribution in [3.63, 3.8) is 0 Å². The topological polar surface area (TPSA) is 63.1 Å². The molecule has 0 spiro atoms. The molecule has 0 aliphatic rings. The number of hydrogen-bond donors (Lipinski definition) is 1. The van der Waals surface area contributed by atoms with Crippen molar-refractivity contribution in [2.75, 3.05) is 0 Å². The van der Waals surface area contributed by atoms with Gasteiger partial charge in [-0.25, -0.2) is 19.2 Å². The Bertz CT molecular complexity index is 584. The number of carbonyl (C=O) groups is 1. The van der Waals surface area contributed by atoms with E-state index in [1.165, 1.54) is 12.3 Å². The maximum Gasteiger partial charge on any atom is 0.373 e. The van der Waals surface area contributed by atoms with Gasteiger partial charge in [-0.05, 0) is 36.8 Å². The Balaban J connectivity index is 2.49. The van der Waals surface area contributed by atoms with Crippen LogP contribution in [-0.2, 0) is 0 Å². The molecule has 1 aromatic heterocycles. The van der Waals surface area contributed by atoms with E-state index in [0.29, 0.717) is 16.8 Å². The number of benzene rings is 1. The van der Waals surface area contributed by atoms with Crippen LogP contribution in [0.4, 0.5) is 4.39 Å². The maximum atomic E-state index is 13.1. The zero-order valence-corrected chi connectivity index (χ0v) is 9.01. The summed E-state index contributed by atoms with van der Waals surface area (Å²) in [7, 11) is 0. The highest BCUT2D eigenvalue weighted by atomic mass is 19.1. The van der Waals surface area contributed by atoms with Crippen LogP contribution in [0.1, 0.15) is 16.2 Å². The highest BCUT2D eigenvalue weighted by molar-refractivity contribution is 5.83. The van der Waals surface area contributed by atoms with Gasteiger partial charge in [0.05, 0.1) is 5.69 Å². The predicted octanol–water partition coefficient (Wildman–Crippen LogP) is 2.29. The van der Waals surface area contributed by atoms with E-state index < -0.39 is 5.97 Å². The van der Waals surface area contributed by atoms with Crippen LogP contribution in [0.25, 0.3) is 11.3 Å². The lowest BCUT2D eigenvalue weighted by atomic mass is 10.1. The van der Waals surface area contributed by atoms with Crippen LogP contribution in [0.5, 0.6) is 0 Å². The van der Waals surface area contributed by atoms with Gasteiger partial charge in [-0.2, -0.15) is 0 Å². The summed E-state index contributed by atoms with van der Waals surface area (Å²) >= 11 is 0. The Morgan fingerprint density at radius 2 is 2.12 bits per heavy atom. The third-order valence-electron chi connectivity index (χ3n) is 2.30. The quantitative estimate of drug-likeness (QED) is 0.862. The summed E-state index contributed by atoms with van der Waals surface area (Å²) in [5.74, 6) is -1.77. The highest BCUT2D eigenvalue weighted by Crippen LogP contribution is 2.19. The van der Waals surface area contributed by atoms with E-state index in [2.05, 4.69) is 9.97 Å². The first-order valence-electron chi connectivity index (χ1n) is 4.91. The molecule has 0 radical (unpaired) electrons. The SMILES string of the molecule is Cc1cc(-c2ccnc(C(=O)O)n2)ccc1F. The Morgan fingerprint density at radius 3 is 2.76 bits per heavy atom. The number of rotatable bonds is 2. The molecule has 1 N–H and O–H groups in total. The number of carboxylic acid groups (broad SMARTS) is 1. The van der Waals surface area contributed by atoms with E-state index >= 15 is 0 Å². The van der Waals surface area contributed by atoms with Gasteiger partial charge in [0.25, 0.3) is 0 Å². The molecule has 0 unspecified atom stereocenters. The van der Waals surface area contributed by atoms with Gasteiger partial charge in [-0.15, -0.1) is 0 Å². The average Bonchev–Trinajstić information content (AvgIpc) is 2.33. The van der Waals surface area contributed by atoms with E-state index in [0.717, 1.165) is 0 Å². The smallest absolute Gasteiger partial charge is 0.373 e. The van der Waals surface area contributed by atoms with Crippen LogP contribution in [0.3, 0.4) is 0 Å². The number of aryl methyl sites for hydroxylation is 1. The van der Waals surface area contributed by atoms with Crippen molar-refractivity contribution in [2.45, 2.75) is 6.92 Å². The molecule has 0 atom stereocenters. The van der Waals surface area contributed by atoms with Crippen molar-refractivity contribution < 1.29 is 14.3 Å². The zero-order valence-electron chi connectivity index (χ0n) is 9.01. The molecule has 0 bridgehead atoms. The maximum absolute atomic E-state index is 13.1. The van der Waals surface area contributed by atoms with Gasteiger partial charge < -0.3 is 5.11 Å². The molecule has 17 heavy (non-hydrogen) atoms. The summed E-state index contributed by atoms with van der Waals surface area (Å²) in [6.45, 7) is 1.64. The van der Waals surface area contributed by atoms with Crippen molar-refractivity contribution in [3.05, 3.63) is 47.7 Å². The number of aromatic nitrogens is 2. The lowest BCUT2D eigenvalue weighted by Crippen LogP contribution is -2.04. The second-order valence-electron chi connectivity index (χ2n) is 3.53. The van der Waals surface area contributed by atoms with Crippen LogP contribution in [-0.4, -0.2) is 21.0 Å². The van der Waals surface area contributed by atoms with Crippen LogP contribution in [0.15, 0.2) is 30.5 Å². The average molecular weight is 232 g/mol. The first kappa shape index (κ1) is 11.2. The zero-order chi connectivity index (χ0) is 12.4. The van der Waals surface area contributed by atoms with E-state index in [9.17, 15) is 9.18 Å². The van der Waals surface area contributed by atoms with E-state index in [-0.39, 0.29) is 11.6 Å². The number of hydrogen-bond acceptors (Lipinski definition) is 3. The number of aromatic carboxylic acids is 1. The minimum absolute atomic E-state index is 0.274. The molecule has 0 aliphatic heterocycles. The first-order valence-corrected chi connectivity index (χ1v) is 4.91. The molecule has 0 saturated heterocycles. The van der Waals surface area contributed by atoms with E-state index in [1.54, 1.807) is 25.1 Å². The summed E-state index contributed by atoms with van der Waals surface area (Å²) in [5.41, 5.74) is 1.60. The third kappa shape index (κ3) is 2.28. The summed E-state index contributed by atoms with van der Waals surface area (Å²) in [6, 6.07) is 6.08. The molecule has 86 valence electrons.